The van der Waals surface area contributed by atoms with Crippen LogP contribution in [0.5, 0.6) is 23.0 Å². The molecule has 7 heteroatoms. The fraction of sp³-hybridized carbons (Fsp3) is 0.212. The molecule has 0 radical (unpaired) electrons. The zero-order chi connectivity index (χ0) is 28.5. The van der Waals surface area contributed by atoms with E-state index in [2.05, 4.69) is 0 Å². The van der Waals surface area contributed by atoms with E-state index in [1.807, 2.05) is 60.7 Å². The van der Waals surface area contributed by atoms with Crippen LogP contribution in [0.4, 0.5) is 11.4 Å². The second-order valence-electron chi connectivity index (χ2n) is 9.56. The van der Waals surface area contributed by atoms with Crippen molar-refractivity contribution >= 4 is 23.3 Å². The van der Waals surface area contributed by atoms with E-state index in [0.717, 1.165) is 0 Å². The highest BCUT2D eigenvalue weighted by Crippen LogP contribution is 2.34. The van der Waals surface area contributed by atoms with Crippen LogP contribution in [0.15, 0.2) is 109 Å². The largest absolute Gasteiger partial charge is 0.461 e. The molecular weight excluding hydrogens is 506 g/mol. The number of para-hydroxylation sites is 2. The minimum atomic E-state index is -1.38. The third-order valence-electron chi connectivity index (χ3n) is 5.60. The van der Waals surface area contributed by atoms with Crippen LogP contribution in [0.2, 0.25) is 0 Å². The summed E-state index contributed by atoms with van der Waals surface area (Å²) < 4.78 is 22.9. The van der Waals surface area contributed by atoms with Crippen molar-refractivity contribution in [3.63, 3.8) is 0 Å². The summed E-state index contributed by atoms with van der Waals surface area (Å²) in [5.74, 6) is 1.17. The molecule has 0 saturated heterocycles. The van der Waals surface area contributed by atoms with Crippen molar-refractivity contribution in [2.75, 3.05) is 4.90 Å². The summed E-state index contributed by atoms with van der Waals surface area (Å²) in [5, 5.41) is 0. The van der Waals surface area contributed by atoms with Gasteiger partial charge < -0.3 is 23.8 Å². The zero-order valence-electron chi connectivity index (χ0n) is 23.0. The number of carbonyl (C=O) groups excluding carboxylic acids is 2. The summed E-state index contributed by atoms with van der Waals surface area (Å²) in [7, 11) is 0. The van der Waals surface area contributed by atoms with Gasteiger partial charge in [-0.2, -0.15) is 0 Å². The van der Waals surface area contributed by atoms with Crippen LogP contribution < -0.4 is 14.4 Å². The Hall–Kier alpha value is -4.78. The second-order valence-corrected chi connectivity index (χ2v) is 9.56. The molecule has 4 rings (SSSR count). The Morgan fingerprint density at radius 2 is 0.825 bits per heavy atom. The third kappa shape index (κ3) is 7.63. The topological polar surface area (TPSA) is 74.3 Å². The number of rotatable bonds is 11. The van der Waals surface area contributed by atoms with Gasteiger partial charge in [0.2, 0.25) is 6.04 Å². The van der Waals surface area contributed by atoms with Crippen LogP contribution in [0.3, 0.4) is 0 Å². The molecule has 0 aromatic heterocycles. The molecule has 4 aromatic carbocycles. The maximum atomic E-state index is 13.4. The van der Waals surface area contributed by atoms with Crippen LogP contribution in [0.25, 0.3) is 0 Å². The van der Waals surface area contributed by atoms with Gasteiger partial charge in [-0.25, -0.2) is 9.59 Å². The Balaban J connectivity index is 1.71. The van der Waals surface area contributed by atoms with E-state index in [4.69, 9.17) is 18.9 Å². The molecule has 0 unspecified atom stereocenters. The molecule has 206 valence electrons. The SMILES string of the molecule is CC(C)OC(=O)C(C(=O)OC(C)C)N(c1ccc(Oc2ccccc2)cc1)c1ccc(Oc2ccccc2)cc1. The zero-order valence-corrected chi connectivity index (χ0v) is 23.0. The number of benzene rings is 4. The Labute approximate surface area is 234 Å². The summed E-state index contributed by atoms with van der Waals surface area (Å²) in [6.07, 6.45) is -0.848. The summed E-state index contributed by atoms with van der Waals surface area (Å²) in [5.41, 5.74) is 1.15. The Kier molecular flexibility index (Phi) is 9.41. The van der Waals surface area contributed by atoms with E-state index in [1.54, 1.807) is 81.1 Å². The molecule has 0 heterocycles. The average Bonchev–Trinajstić information content (AvgIpc) is 2.93. The van der Waals surface area contributed by atoms with Crippen LogP contribution in [-0.4, -0.2) is 30.2 Å². The molecule has 7 nitrogen and oxygen atoms in total. The smallest absolute Gasteiger partial charge is 0.341 e. The van der Waals surface area contributed by atoms with Crippen LogP contribution >= 0.6 is 0 Å². The van der Waals surface area contributed by atoms with Gasteiger partial charge in [0.1, 0.15) is 23.0 Å². The van der Waals surface area contributed by atoms with Gasteiger partial charge in [-0.3, -0.25) is 0 Å². The maximum Gasteiger partial charge on any atom is 0.341 e. The molecule has 4 aromatic rings. The van der Waals surface area contributed by atoms with Gasteiger partial charge in [0.05, 0.1) is 12.2 Å². The number of anilines is 2. The lowest BCUT2D eigenvalue weighted by atomic mass is 10.1. The molecule has 0 N–H and O–H groups in total. The lowest BCUT2D eigenvalue weighted by Gasteiger charge is -2.32. The minimum Gasteiger partial charge on any atom is -0.461 e. The van der Waals surface area contributed by atoms with E-state index in [-0.39, 0.29) is 0 Å². The first-order chi connectivity index (χ1) is 19.3. The monoisotopic (exact) mass is 539 g/mol. The maximum absolute atomic E-state index is 13.4. The van der Waals surface area contributed by atoms with E-state index >= 15 is 0 Å². The number of nitrogens with zero attached hydrogens (tertiary/aromatic N) is 1. The molecule has 0 saturated carbocycles. The van der Waals surface area contributed by atoms with Crippen LogP contribution in [-0.2, 0) is 19.1 Å². The fourth-order valence-corrected chi connectivity index (χ4v) is 3.95. The van der Waals surface area contributed by atoms with E-state index in [9.17, 15) is 9.59 Å². The molecule has 0 spiro atoms. The summed E-state index contributed by atoms with van der Waals surface area (Å²) in [6, 6.07) is 31.7. The van der Waals surface area contributed by atoms with Gasteiger partial charge >= 0.3 is 11.9 Å². The first kappa shape index (κ1) is 28.2. The highest BCUT2D eigenvalue weighted by molar-refractivity contribution is 6.04. The quantitative estimate of drug-likeness (QED) is 0.143. The standard InChI is InChI=1S/C33H33NO6/c1-23(2)37-32(35)31(33(36)38-24(3)4)34(25-15-19-29(20-16-25)39-27-11-7-5-8-12-27)26-17-21-30(22-18-26)40-28-13-9-6-10-14-28/h5-24,31H,1-4H3. The molecular formula is C33H33NO6. The van der Waals surface area contributed by atoms with Crippen molar-refractivity contribution in [1.29, 1.82) is 0 Å². The molecule has 0 aliphatic carbocycles. The van der Waals surface area contributed by atoms with Crippen molar-refractivity contribution in [1.82, 2.24) is 0 Å². The van der Waals surface area contributed by atoms with Gasteiger partial charge in [-0.15, -0.1) is 0 Å². The lowest BCUT2D eigenvalue weighted by Crippen LogP contribution is -2.47. The number of carbonyl (C=O) groups is 2. The van der Waals surface area contributed by atoms with Crippen molar-refractivity contribution in [3.8, 4) is 23.0 Å². The summed E-state index contributed by atoms with van der Waals surface area (Å²) in [6.45, 7) is 6.94. The van der Waals surface area contributed by atoms with E-state index < -0.39 is 30.2 Å². The van der Waals surface area contributed by atoms with Crippen molar-refractivity contribution < 1.29 is 28.5 Å². The van der Waals surface area contributed by atoms with E-state index in [0.29, 0.717) is 34.4 Å². The first-order valence-electron chi connectivity index (χ1n) is 13.2. The Morgan fingerprint density at radius 1 is 0.500 bits per heavy atom. The summed E-state index contributed by atoms with van der Waals surface area (Å²) >= 11 is 0. The fourth-order valence-electron chi connectivity index (χ4n) is 3.95. The highest BCUT2D eigenvalue weighted by Gasteiger charge is 2.38. The van der Waals surface area contributed by atoms with Crippen molar-refractivity contribution in [2.45, 2.75) is 45.9 Å². The van der Waals surface area contributed by atoms with Crippen LogP contribution in [0, 0.1) is 0 Å². The molecule has 0 aliphatic rings. The highest BCUT2D eigenvalue weighted by atomic mass is 16.6. The van der Waals surface area contributed by atoms with Crippen LogP contribution in [0.1, 0.15) is 27.7 Å². The van der Waals surface area contributed by atoms with Gasteiger partial charge in [0, 0.05) is 11.4 Å². The lowest BCUT2D eigenvalue weighted by molar-refractivity contribution is -0.160. The molecule has 0 bridgehead atoms. The van der Waals surface area contributed by atoms with E-state index in [1.165, 1.54) is 0 Å². The number of hydrogen-bond acceptors (Lipinski definition) is 7. The predicted octanol–water partition coefficient (Wildman–Crippen LogP) is 7.68. The average molecular weight is 540 g/mol. The third-order valence-corrected chi connectivity index (χ3v) is 5.60. The number of hydrogen-bond donors (Lipinski definition) is 0. The molecule has 0 fully saturated rings. The number of ether oxygens (including phenoxy) is 4. The van der Waals surface area contributed by atoms with Gasteiger partial charge in [-0.05, 0) is 100 Å². The molecule has 0 amide bonds. The first-order valence-corrected chi connectivity index (χ1v) is 13.2. The van der Waals surface area contributed by atoms with Crippen molar-refractivity contribution in [3.05, 3.63) is 109 Å². The van der Waals surface area contributed by atoms with Gasteiger partial charge in [0.15, 0.2) is 0 Å². The van der Waals surface area contributed by atoms with Gasteiger partial charge in [-0.1, -0.05) is 36.4 Å². The molecule has 0 aliphatic heterocycles. The second kappa shape index (κ2) is 13.3. The summed E-state index contributed by atoms with van der Waals surface area (Å²) in [4.78, 5) is 28.3. The van der Waals surface area contributed by atoms with Gasteiger partial charge in [0.25, 0.3) is 0 Å². The predicted molar refractivity (Wildman–Crippen MR) is 154 cm³/mol. The normalized spacial score (nSPS) is 10.9. The molecule has 40 heavy (non-hydrogen) atoms. The minimum absolute atomic E-state index is 0.424. The Bertz CT molecular complexity index is 1260. The molecule has 0 atom stereocenters. The number of esters is 2. The Morgan fingerprint density at radius 3 is 1.15 bits per heavy atom. The van der Waals surface area contributed by atoms with Crippen molar-refractivity contribution in [2.24, 2.45) is 0 Å².